The molecule has 0 saturated carbocycles. The van der Waals surface area contributed by atoms with Crippen molar-refractivity contribution in [3.8, 4) is 0 Å². The summed E-state index contributed by atoms with van der Waals surface area (Å²) in [5, 5.41) is 2.37. The van der Waals surface area contributed by atoms with Gasteiger partial charge in [-0.15, -0.1) is 11.3 Å². The molecule has 2 aliphatic heterocycles. The molecule has 0 amide bonds. The first-order chi connectivity index (χ1) is 11.6. The zero-order valence-corrected chi connectivity index (χ0v) is 15.1. The van der Waals surface area contributed by atoms with Gasteiger partial charge in [-0.1, -0.05) is 0 Å². The van der Waals surface area contributed by atoms with E-state index in [4.69, 9.17) is 16.3 Å². The number of hydrogen-bond acceptors (Lipinski definition) is 6. The molecule has 0 spiro atoms. The second kappa shape index (κ2) is 6.71. The van der Waals surface area contributed by atoms with E-state index in [0.717, 1.165) is 34.7 Å². The van der Waals surface area contributed by atoms with Gasteiger partial charge in [-0.2, -0.15) is 4.98 Å². The molecule has 2 aromatic heterocycles. The van der Waals surface area contributed by atoms with Crippen LogP contribution in [-0.2, 0) is 11.3 Å². The highest BCUT2D eigenvalue weighted by atomic mass is 35.5. The zero-order valence-electron chi connectivity index (χ0n) is 13.5. The SMILES string of the molecule is C[C@@H]1COCCN1c1nc(Cl)nc2c(CN3CC[C@@H](F)C3)csc12. The summed E-state index contributed by atoms with van der Waals surface area (Å²) in [6, 6.07) is 0.254. The first kappa shape index (κ1) is 16.4. The maximum atomic E-state index is 13.4. The number of morpholine rings is 1. The Morgan fingerprint density at radius 3 is 3.04 bits per heavy atom. The Balaban J connectivity index is 1.68. The minimum Gasteiger partial charge on any atom is -0.377 e. The summed E-state index contributed by atoms with van der Waals surface area (Å²) in [6.07, 6.45) is -0.0909. The van der Waals surface area contributed by atoms with Crippen molar-refractivity contribution in [2.75, 3.05) is 37.7 Å². The minimum absolute atomic E-state index is 0.254. The average Bonchev–Trinajstić information content (AvgIpc) is 3.14. The van der Waals surface area contributed by atoms with Gasteiger partial charge in [0.15, 0.2) is 5.82 Å². The highest BCUT2D eigenvalue weighted by Crippen LogP contribution is 2.35. The average molecular weight is 371 g/mol. The van der Waals surface area contributed by atoms with Crippen LogP contribution in [0.2, 0.25) is 5.28 Å². The van der Waals surface area contributed by atoms with Crippen LogP contribution in [0.5, 0.6) is 0 Å². The Morgan fingerprint density at radius 1 is 1.42 bits per heavy atom. The molecular formula is C16H20ClFN4OS. The molecule has 130 valence electrons. The Bertz CT molecular complexity index is 742. The van der Waals surface area contributed by atoms with Gasteiger partial charge in [0.25, 0.3) is 0 Å². The Kier molecular flexibility index (Phi) is 4.60. The van der Waals surface area contributed by atoms with Crippen molar-refractivity contribution in [1.29, 1.82) is 0 Å². The second-order valence-electron chi connectivity index (χ2n) is 6.49. The molecule has 5 nitrogen and oxygen atoms in total. The number of aromatic nitrogens is 2. The normalized spacial score (nSPS) is 25.7. The first-order valence-electron chi connectivity index (χ1n) is 8.26. The summed E-state index contributed by atoms with van der Waals surface area (Å²) in [5.41, 5.74) is 2.01. The molecule has 0 bridgehead atoms. The van der Waals surface area contributed by atoms with Crippen LogP contribution < -0.4 is 4.90 Å². The number of anilines is 1. The van der Waals surface area contributed by atoms with Gasteiger partial charge in [-0.25, -0.2) is 9.37 Å². The van der Waals surface area contributed by atoms with Gasteiger partial charge < -0.3 is 9.64 Å². The Hall–Kier alpha value is -1.02. The number of hydrogen-bond donors (Lipinski definition) is 0. The van der Waals surface area contributed by atoms with Crippen molar-refractivity contribution in [3.05, 3.63) is 16.2 Å². The lowest BCUT2D eigenvalue weighted by Gasteiger charge is -2.34. The van der Waals surface area contributed by atoms with Crippen LogP contribution in [0.3, 0.4) is 0 Å². The maximum Gasteiger partial charge on any atom is 0.224 e. The Labute approximate surface area is 149 Å². The lowest BCUT2D eigenvalue weighted by Crippen LogP contribution is -2.44. The highest BCUT2D eigenvalue weighted by Gasteiger charge is 2.26. The van der Waals surface area contributed by atoms with Gasteiger partial charge in [0, 0.05) is 31.7 Å². The van der Waals surface area contributed by atoms with E-state index in [1.165, 1.54) is 0 Å². The standard InChI is InChI=1S/C16H20ClFN4OS/c1-10-8-23-5-4-22(10)15-14-13(19-16(17)20-15)11(9-24-14)6-21-3-2-12(18)7-21/h9-10,12H,2-8H2,1H3/t10-,12-/m1/s1. The maximum absolute atomic E-state index is 13.4. The molecule has 2 atom stereocenters. The number of alkyl halides is 1. The van der Waals surface area contributed by atoms with E-state index < -0.39 is 6.17 Å². The van der Waals surface area contributed by atoms with Crippen molar-refractivity contribution in [2.45, 2.75) is 32.1 Å². The molecule has 0 aromatic carbocycles. The molecule has 4 heterocycles. The third-order valence-corrected chi connectivity index (χ3v) is 5.88. The third kappa shape index (κ3) is 3.10. The predicted octanol–water partition coefficient (Wildman–Crippen LogP) is 3.11. The summed E-state index contributed by atoms with van der Waals surface area (Å²) < 4.78 is 20.0. The van der Waals surface area contributed by atoms with Gasteiger partial charge in [0.1, 0.15) is 6.17 Å². The van der Waals surface area contributed by atoms with Gasteiger partial charge in [0.05, 0.1) is 29.5 Å². The lowest BCUT2D eigenvalue weighted by molar-refractivity contribution is 0.0987. The quantitative estimate of drug-likeness (QED) is 0.776. The van der Waals surface area contributed by atoms with Crippen molar-refractivity contribution < 1.29 is 9.13 Å². The molecule has 0 unspecified atom stereocenters. The second-order valence-corrected chi connectivity index (χ2v) is 7.71. The van der Waals surface area contributed by atoms with Crippen molar-refractivity contribution >= 4 is 39.0 Å². The van der Waals surface area contributed by atoms with Gasteiger partial charge in [-0.05, 0) is 30.3 Å². The lowest BCUT2D eigenvalue weighted by atomic mass is 10.2. The number of nitrogens with zero attached hydrogens (tertiary/aromatic N) is 4. The molecule has 0 radical (unpaired) electrons. The van der Waals surface area contributed by atoms with Crippen molar-refractivity contribution in [2.24, 2.45) is 0 Å². The molecular weight excluding hydrogens is 351 g/mol. The summed E-state index contributed by atoms with van der Waals surface area (Å²) in [6.45, 7) is 6.32. The van der Waals surface area contributed by atoms with Crippen LogP contribution in [0.25, 0.3) is 10.2 Å². The molecule has 0 N–H and O–H groups in total. The van der Waals surface area contributed by atoms with Crippen LogP contribution in [0.15, 0.2) is 5.38 Å². The summed E-state index contributed by atoms with van der Waals surface area (Å²) in [7, 11) is 0. The van der Waals surface area contributed by atoms with E-state index in [1.54, 1.807) is 11.3 Å². The van der Waals surface area contributed by atoms with Gasteiger partial charge >= 0.3 is 0 Å². The van der Waals surface area contributed by atoms with Crippen LogP contribution >= 0.6 is 22.9 Å². The molecule has 8 heteroatoms. The van der Waals surface area contributed by atoms with Crippen LogP contribution in [-0.4, -0.2) is 59.9 Å². The number of thiophene rings is 1. The fraction of sp³-hybridized carbons (Fsp3) is 0.625. The smallest absolute Gasteiger partial charge is 0.224 e. The fourth-order valence-electron chi connectivity index (χ4n) is 3.44. The highest BCUT2D eigenvalue weighted by molar-refractivity contribution is 7.18. The van der Waals surface area contributed by atoms with E-state index in [0.29, 0.717) is 32.7 Å². The predicted molar refractivity (Wildman–Crippen MR) is 94.8 cm³/mol. The largest absolute Gasteiger partial charge is 0.377 e. The Morgan fingerprint density at radius 2 is 2.29 bits per heavy atom. The summed E-state index contributed by atoms with van der Waals surface area (Å²) in [5.74, 6) is 0.891. The molecule has 0 aliphatic carbocycles. The summed E-state index contributed by atoms with van der Waals surface area (Å²) in [4.78, 5) is 13.3. The van der Waals surface area contributed by atoms with E-state index >= 15 is 0 Å². The minimum atomic E-state index is -0.710. The number of rotatable bonds is 3. The monoisotopic (exact) mass is 370 g/mol. The van der Waals surface area contributed by atoms with Gasteiger partial charge in [0.2, 0.25) is 5.28 Å². The van der Waals surface area contributed by atoms with Crippen molar-refractivity contribution in [3.63, 3.8) is 0 Å². The first-order valence-corrected chi connectivity index (χ1v) is 9.52. The fourth-order valence-corrected chi connectivity index (χ4v) is 4.61. The molecule has 4 rings (SSSR count). The van der Waals surface area contributed by atoms with E-state index in [2.05, 4.69) is 32.1 Å². The van der Waals surface area contributed by atoms with Crippen LogP contribution in [0.1, 0.15) is 18.9 Å². The molecule has 24 heavy (non-hydrogen) atoms. The van der Waals surface area contributed by atoms with E-state index in [1.807, 2.05) is 0 Å². The zero-order chi connectivity index (χ0) is 16.7. The van der Waals surface area contributed by atoms with E-state index in [9.17, 15) is 4.39 Å². The number of fused-ring (bicyclic) bond motifs is 1. The topological polar surface area (TPSA) is 41.5 Å². The van der Waals surface area contributed by atoms with Crippen LogP contribution in [0, 0.1) is 0 Å². The molecule has 2 aliphatic rings. The van der Waals surface area contributed by atoms with Crippen LogP contribution in [0.4, 0.5) is 10.2 Å². The number of halogens is 2. The molecule has 2 aromatic rings. The van der Waals surface area contributed by atoms with Crippen molar-refractivity contribution in [1.82, 2.24) is 14.9 Å². The molecule has 2 fully saturated rings. The van der Waals surface area contributed by atoms with Gasteiger partial charge in [-0.3, -0.25) is 4.90 Å². The summed E-state index contributed by atoms with van der Waals surface area (Å²) >= 11 is 7.85. The number of ether oxygens (including phenoxy) is 1. The molecule has 2 saturated heterocycles. The number of likely N-dealkylation sites (tertiary alicyclic amines) is 1. The third-order valence-electron chi connectivity index (χ3n) is 4.69. The van der Waals surface area contributed by atoms with E-state index in [-0.39, 0.29) is 11.3 Å².